The summed E-state index contributed by atoms with van der Waals surface area (Å²) in [4.78, 5) is 8.47. The van der Waals surface area contributed by atoms with Gasteiger partial charge >= 0.3 is 0 Å². The molecule has 0 radical (unpaired) electrons. The van der Waals surface area contributed by atoms with Crippen molar-refractivity contribution in [3.63, 3.8) is 0 Å². The lowest BCUT2D eigenvalue weighted by Gasteiger charge is -2.07. The van der Waals surface area contributed by atoms with Crippen molar-refractivity contribution < 1.29 is 9.84 Å². The molecule has 0 saturated heterocycles. The normalized spacial score (nSPS) is 10.9. The van der Waals surface area contributed by atoms with Crippen LogP contribution in [0.25, 0.3) is 11.0 Å². The van der Waals surface area contributed by atoms with Gasteiger partial charge in [0.25, 0.3) is 0 Å². The van der Waals surface area contributed by atoms with Gasteiger partial charge in [-0.1, -0.05) is 30.3 Å². The van der Waals surface area contributed by atoms with Crippen molar-refractivity contribution >= 4 is 16.7 Å². The molecule has 5 heteroatoms. The average Bonchev–Trinajstić information content (AvgIpc) is 2.52. The van der Waals surface area contributed by atoms with Gasteiger partial charge < -0.3 is 15.6 Å². The second-order valence-corrected chi connectivity index (χ2v) is 4.71. The van der Waals surface area contributed by atoms with E-state index < -0.39 is 0 Å². The van der Waals surface area contributed by atoms with Crippen LogP contribution in [0.15, 0.2) is 48.7 Å². The molecule has 5 nitrogen and oxygen atoms in total. The number of anilines is 1. The van der Waals surface area contributed by atoms with Crippen molar-refractivity contribution in [2.24, 2.45) is 0 Å². The number of nitrogens with zero attached hydrogens (tertiary/aromatic N) is 2. The van der Waals surface area contributed by atoms with E-state index in [0.717, 1.165) is 11.3 Å². The van der Waals surface area contributed by atoms with E-state index in [2.05, 4.69) is 9.97 Å². The number of ether oxygens (including phenoxy) is 1. The maximum Gasteiger partial charge on any atom is 0.168 e. The lowest BCUT2D eigenvalue weighted by Crippen LogP contribution is -1.98. The molecule has 3 rings (SSSR count). The zero-order valence-corrected chi connectivity index (χ0v) is 11.4. The van der Waals surface area contributed by atoms with Crippen LogP contribution in [0.3, 0.4) is 0 Å². The van der Waals surface area contributed by atoms with Crippen LogP contribution in [-0.4, -0.2) is 15.1 Å². The topological polar surface area (TPSA) is 81.3 Å². The molecular weight excluding hydrogens is 266 g/mol. The highest BCUT2D eigenvalue weighted by molar-refractivity contribution is 5.85. The first kappa shape index (κ1) is 13.3. The minimum absolute atomic E-state index is 0.0371. The Hall–Kier alpha value is -2.66. The molecular formula is C16H15N3O2. The van der Waals surface area contributed by atoms with E-state index >= 15 is 0 Å². The first-order valence-electron chi connectivity index (χ1n) is 6.59. The number of aromatic hydroxyl groups is 1. The number of nitrogens with two attached hydrogens (primary N) is 1. The second kappa shape index (κ2) is 5.76. The summed E-state index contributed by atoms with van der Waals surface area (Å²) in [5.74, 6) is -0.0371. The average molecular weight is 281 g/mol. The summed E-state index contributed by atoms with van der Waals surface area (Å²) < 4.78 is 5.63. The van der Waals surface area contributed by atoms with Gasteiger partial charge in [-0.05, 0) is 17.7 Å². The Labute approximate surface area is 122 Å². The number of fused-ring (bicyclic) bond motifs is 1. The summed E-state index contributed by atoms with van der Waals surface area (Å²) in [6.07, 6.45) is 1.42. The van der Waals surface area contributed by atoms with E-state index in [1.165, 1.54) is 6.20 Å². The highest BCUT2D eigenvalue weighted by Gasteiger charge is 2.07. The Morgan fingerprint density at radius 2 is 1.86 bits per heavy atom. The third-order valence-electron chi connectivity index (χ3n) is 3.13. The predicted octanol–water partition coefficient (Wildman–Crippen LogP) is 2.63. The molecule has 0 amide bonds. The molecule has 2 aromatic heterocycles. The van der Waals surface area contributed by atoms with Gasteiger partial charge in [-0.25, -0.2) is 4.98 Å². The van der Waals surface area contributed by atoms with E-state index in [0.29, 0.717) is 24.2 Å². The molecule has 0 aliphatic carbocycles. The first-order valence-corrected chi connectivity index (χ1v) is 6.59. The van der Waals surface area contributed by atoms with Gasteiger partial charge in [-0.2, -0.15) is 0 Å². The zero-order valence-electron chi connectivity index (χ0n) is 11.4. The Morgan fingerprint density at radius 3 is 2.67 bits per heavy atom. The molecule has 106 valence electrons. The predicted molar refractivity (Wildman–Crippen MR) is 80.6 cm³/mol. The van der Waals surface area contributed by atoms with E-state index in [1.54, 1.807) is 6.07 Å². The molecule has 3 N–H and O–H groups in total. The van der Waals surface area contributed by atoms with E-state index in [-0.39, 0.29) is 11.4 Å². The maximum atomic E-state index is 9.92. The maximum absolute atomic E-state index is 9.92. The Morgan fingerprint density at radius 1 is 1.05 bits per heavy atom. The van der Waals surface area contributed by atoms with Gasteiger partial charge in [-0.15, -0.1) is 0 Å². The molecule has 3 aromatic rings. The summed E-state index contributed by atoms with van der Waals surface area (Å²) in [7, 11) is 0. The number of hydrogen-bond donors (Lipinski definition) is 2. The monoisotopic (exact) mass is 281 g/mol. The summed E-state index contributed by atoms with van der Waals surface area (Å²) in [5.41, 5.74) is 8.68. The van der Waals surface area contributed by atoms with Crippen LogP contribution in [0, 0.1) is 0 Å². The SMILES string of the molecule is Nc1cnc2ccc(COCc3ccccc3)nc2c1O. The van der Waals surface area contributed by atoms with E-state index in [1.807, 2.05) is 36.4 Å². The molecule has 0 aliphatic heterocycles. The Balaban J connectivity index is 1.74. The fraction of sp³-hybridized carbons (Fsp3) is 0.125. The number of pyridine rings is 2. The smallest absolute Gasteiger partial charge is 0.168 e. The zero-order chi connectivity index (χ0) is 14.7. The molecule has 21 heavy (non-hydrogen) atoms. The first-order chi connectivity index (χ1) is 10.2. The summed E-state index contributed by atoms with van der Waals surface area (Å²) >= 11 is 0. The van der Waals surface area contributed by atoms with Crippen molar-refractivity contribution in [3.05, 3.63) is 59.9 Å². The third-order valence-corrected chi connectivity index (χ3v) is 3.13. The third kappa shape index (κ3) is 2.93. The van der Waals surface area contributed by atoms with E-state index in [4.69, 9.17) is 10.5 Å². The standard InChI is InChI=1S/C16H15N3O2/c17-13-8-18-14-7-6-12(19-15(14)16(13)20)10-21-9-11-4-2-1-3-5-11/h1-8H,9-10,17H2,(H,18,20). The molecule has 0 unspecified atom stereocenters. The van der Waals surface area contributed by atoms with Crippen molar-refractivity contribution in [3.8, 4) is 5.75 Å². The van der Waals surface area contributed by atoms with Crippen molar-refractivity contribution in [2.45, 2.75) is 13.2 Å². The highest BCUT2D eigenvalue weighted by atomic mass is 16.5. The minimum Gasteiger partial charge on any atom is -0.504 e. The van der Waals surface area contributed by atoms with Crippen molar-refractivity contribution in [2.75, 3.05) is 5.73 Å². The van der Waals surface area contributed by atoms with Gasteiger partial charge in [-0.3, -0.25) is 4.98 Å². The molecule has 0 spiro atoms. The second-order valence-electron chi connectivity index (χ2n) is 4.71. The lowest BCUT2D eigenvalue weighted by molar-refractivity contribution is 0.105. The fourth-order valence-electron chi connectivity index (χ4n) is 2.04. The van der Waals surface area contributed by atoms with Crippen molar-refractivity contribution in [1.29, 1.82) is 0 Å². The van der Waals surface area contributed by atoms with Crippen LogP contribution >= 0.6 is 0 Å². The number of aromatic nitrogens is 2. The van der Waals surface area contributed by atoms with Gasteiger partial charge in [0, 0.05) is 0 Å². The largest absolute Gasteiger partial charge is 0.504 e. The van der Waals surface area contributed by atoms with Gasteiger partial charge in [0.15, 0.2) is 5.75 Å². The highest BCUT2D eigenvalue weighted by Crippen LogP contribution is 2.27. The molecule has 1 aromatic carbocycles. The van der Waals surface area contributed by atoms with Crippen LogP contribution in [-0.2, 0) is 18.0 Å². The quantitative estimate of drug-likeness (QED) is 0.768. The fourth-order valence-corrected chi connectivity index (χ4v) is 2.04. The van der Waals surface area contributed by atoms with Gasteiger partial charge in [0.1, 0.15) is 5.52 Å². The molecule has 2 heterocycles. The lowest BCUT2D eigenvalue weighted by atomic mass is 10.2. The number of benzene rings is 1. The summed E-state index contributed by atoms with van der Waals surface area (Å²) in [5, 5.41) is 9.92. The number of nitrogen functional groups attached to an aromatic ring is 1. The summed E-state index contributed by atoms with van der Waals surface area (Å²) in [6, 6.07) is 13.5. The van der Waals surface area contributed by atoms with Crippen LogP contribution in [0.1, 0.15) is 11.3 Å². The minimum atomic E-state index is -0.0371. The van der Waals surface area contributed by atoms with Crippen LogP contribution in [0.5, 0.6) is 5.75 Å². The number of rotatable bonds is 4. The van der Waals surface area contributed by atoms with Gasteiger partial charge in [0.05, 0.1) is 36.3 Å². The van der Waals surface area contributed by atoms with E-state index in [9.17, 15) is 5.11 Å². The van der Waals surface area contributed by atoms with Crippen LogP contribution in [0.2, 0.25) is 0 Å². The summed E-state index contributed by atoms with van der Waals surface area (Å²) in [6.45, 7) is 0.876. The Bertz CT molecular complexity index is 760. The molecule has 0 saturated carbocycles. The van der Waals surface area contributed by atoms with Crippen molar-refractivity contribution in [1.82, 2.24) is 9.97 Å². The molecule has 0 aliphatic rings. The number of hydrogen-bond acceptors (Lipinski definition) is 5. The molecule has 0 fully saturated rings. The van der Waals surface area contributed by atoms with Crippen LogP contribution in [0.4, 0.5) is 5.69 Å². The Kier molecular flexibility index (Phi) is 3.66. The molecule has 0 atom stereocenters. The van der Waals surface area contributed by atoms with Crippen LogP contribution < -0.4 is 5.73 Å². The molecule has 0 bridgehead atoms. The van der Waals surface area contributed by atoms with Gasteiger partial charge in [0.2, 0.25) is 0 Å².